The number of carbonyl (C=O) groups excluding carboxylic acids is 2. The molecule has 0 aliphatic carbocycles. The van der Waals surface area contributed by atoms with E-state index in [4.69, 9.17) is 0 Å². The fraction of sp³-hybridized carbons (Fsp3) is 0.700. The molecule has 2 amide bonds. The van der Waals surface area contributed by atoms with Crippen LogP contribution in [0.15, 0.2) is 18.5 Å². The number of rotatable bonds is 2. The molecule has 5 heteroatoms. The average Bonchev–Trinajstić information content (AvgIpc) is 3.17. The maximum absolute atomic E-state index is 13.0. The molecule has 1 aromatic rings. The van der Waals surface area contributed by atoms with E-state index < -0.39 is 0 Å². The summed E-state index contributed by atoms with van der Waals surface area (Å²) in [6, 6.07) is 2.12. The van der Waals surface area contributed by atoms with Gasteiger partial charge in [0.2, 0.25) is 5.91 Å². The first kappa shape index (κ1) is 18.0. The van der Waals surface area contributed by atoms with Gasteiger partial charge in [-0.3, -0.25) is 9.59 Å². The lowest BCUT2D eigenvalue weighted by Crippen LogP contribution is -2.52. The van der Waals surface area contributed by atoms with Gasteiger partial charge in [0.15, 0.2) is 0 Å². The SMILES string of the molecule is CC(C)N1CCC[C@]2(CCN(C(=O)c3ccn(C(C)(C)C)c3)C2)C1=O. The van der Waals surface area contributed by atoms with Crippen LogP contribution in [0.4, 0.5) is 0 Å². The highest BCUT2D eigenvalue weighted by molar-refractivity contribution is 5.95. The molecule has 0 N–H and O–H groups in total. The van der Waals surface area contributed by atoms with Gasteiger partial charge in [0.25, 0.3) is 5.91 Å². The van der Waals surface area contributed by atoms with Crippen molar-refractivity contribution in [1.29, 1.82) is 0 Å². The standard InChI is InChI=1S/C20H31N3O2/c1-15(2)23-10-6-8-20(18(23)25)9-12-21(14-20)17(24)16-7-11-22(13-16)19(3,4)5/h7,11,13,15H,6,8-10,12,14H2,1-5H3/t20-/m1/s1. The average molecular weight is 345 g/mol. The first-order chi connectivity index (χ1) is 11.6. The van der Waals surface area contributed by atoms with E-state index in [1.165, 1.54) is 0 Å². The second kappa shape index (κ2) is 6.19. The Morgan fingerprint density at radius 2 is 1.92 bits per heavy atom. The maximum atomic E-state index is 13.0. The summed E-state index contributed by atoms with van der Waals surface area (Å²) in [5.74, 6) is 0.297. The molecular weight excluding hydrogens is 314 g/mol. The normalized spacial score (nSPS) is 24.6. The summed E-state index contributed by atoms with van der Waals surface area (Å²) in [5.41, 5.74) is 0.322. The first-order valence-electron chi connectivity index (χ1n) is 9.43. The molecule has 0 radical (unpaired) electrons. The second-order valence-electron chi connectivity index (χ2n) is 8.93. The molecule has 3 heterocycles. The van der Waals surface area contributed by atoms with Crippen LogP contribution in [0.3, 0.4) is 0 Å². The van der Waals surface area contributed by atoms with E-state index in [1.807, 2.05) is 28.3 Å². The lowest BCUT2D eigenvalue weighted by molar-refractivity contribution is -0.147. The Morgan fingerprint density at radius 1 is 1.20 bits per heavy atom. The zero-order valence-electron chi connectivity index (χ0n) is 16.2. The molecule has 0 bridgehead atoms. The number of nitrogens with zero attached hydrogens (tertiary/aromatic N) is 3. The molecule has 138 valence electrons. The minimum absolute atomic E-state index is 0.0398. The molecule has 1 atom stereocenters. The summed E-state index contributed by atoms with van der Waals surface area (Å²) in [5, 5.41) is 0. The molecule has 1 spiro atoms. The highest BCUT2D eigenvalue weighted by atomic mass is 16.2. The molecule has 0 saturated carbocycles. The van der Waals surface area contributed by atoms with E-state index >= 15 is 0 Å². The van der Waals surface area contributed by atoms with Crippen LogP contribution in [0.2, 0.25) is 0 Å². The van der Waals surface area contributed by atoms with Crippen molar-refractivity contribution in [2.45, 2.75) is 65.5 Å². The van der Waals surface area contributed by atoms with Crippen LogP contribution >= 0.6 is 0 Å². The van der Waals surface area contributed by atoms with E-state index in [0.29, 0.717) is 13.1 Å². The zero-order chi connectivity index (χ0) is 18.4. The lowest BCUT2D eigenvalue weighted by atomic mass is 9.78. The van der Waals surface area contributed by atoms with Crippen molar-refractivity contribution in [1.82, 2.24) is 14.4 Å². The predicted octanol–water partition coefficient (Wildman–Crippen LogP) is 3.11. The molecule has 0 aromatic carbocycles. The van der Waals surface area contributed by atoms with Crippen molar-refractivity contribution in [2.24, 2.45) is 5.41 Å². The summed E-state index contributed by atoms with van der Waals surface area (Å²) < 4.78 is 2.07. The van der Waals surface area contributed by atoms with Gasteiger partial charge in [-0.05, 0) is 59.9 Å². The summed E-state index contributed by atoms with van der Waals surface area (Å²) in [4.78, 5) is 29.8. The number of amides is 2. The second-order valence-corrected chi connectivity index (χ2v) is 8.93. The molecule has 0 unspecified atom stereocenters. The molecule has 2 aliphatic heterocycles. The summed E-state index contributed by atoms with van der Waals surface area (Å²) in [6.07, 6.45) is 6.62. The number of carbonyl (C=O) groups is 2. The molecule has 25 heavy (non-hydrogen) atoms. The van der Waals surface area contributed by atoms with Gasteiger partial charge < -0.3 is 14.4 Å². The van der Waals surface area contributed by atoms with Gasteiger partial charge in [0.1, 0.15) is 0 Å². The van der Waals surface area contributed by atoms with E-state index in [9.17, 15) is 9.59 Å². The summed E-state index contributed by atoms with van der Waals surface area (Å²) >= 11 is 0. The Hall–Kier alpha value is -1.78. The van der Waals surface area contributed by atoms with Crippen LogP contribution in [-0.4, -0.2) is 51.9 Å². The molecule has 5 nitrogen and oxygen atoms in total. The largest absolute Gasteiger partial charge is 0.348 e. The number of aromatic nitrogens is 1. The third kappa shape index (κ3) is 3.21. The Morgan fingerprint density at radius 3 is 2.52 bits per heavy atom. The van der Waals surface area contributed by atoms with Crippen LogP contribution in [-0.2, 0) is 10.3 Å². The van der Waals surface area contributed by atoms with Crippen molar-refractivity contribution in [3.8, 4) is 0 Å². The summed E-state index contributed by atoms with van der Waals surface area (Å²) in [6.45, 7) is 12.6. The van der Waals surface area contributed by atoms with Gasteiger partial charge in [0, 0.05) is 43.6 Å². The fourth-order valence-corrected chi connectivity index (χ4v) is 4.14. The van der Waals surface area contributed by atoms with E-state index in [1.54, 1.807) is 0 Å². The van der Waals surface area contributed by atoms with Crippen molar-refractivity contribution in [3.63, 3.8) is 0 Å². The van der Waals surface area contributed by atoms with Gasteiger partial charge in [-0.25, -0.2) is 0 Å². The number of hydrogen-bond donors (Lipinski definition) is 0. The Balaban J connectivity index is 1.75. The Bertz CT molecular complexity index is 671. The van der Waals surface area contributed by atoms with Crippen molar-refractivity contribution < 1.29 is 9.59 Å². The zero-order valence-corrected chi connectivity index (χ0v) is 16.2. The molecule has 1 aromatic heterocycles. The van der Waals surface area contributed by atoms with Gasteiger partial charge in [-0.2, -0.15) is 0 Å². The molecule has 2 saturated heterocycles. The predicted molar refractivity (Wildman–Crippen MR) is 98.5 cm³/mol. The molecule has 3 rings (SSSR count). The summed E-state index contributed by atoms with van der Waals surface area (Å²) in [7, 11) is 0. The van der Waals surface area contributed by atoms with Crippen LogP contribution in [0, 0.1) is 5.41 Å². The Kier molecular flexibility index (Phi) is 4.46. The topological polar surface area (TPSA) is 45.5 Å². The molecule has 2 fully saturated rings. The smallest absolute Gasteiger partial charge is 0.255 e. The van der Waals surface area contributed by atoms with Crippen LogP contribution < -0.4 is 0 Å². The number of likely N-dealkylation sites (tertiary alicyclic amines) is 2. The van der Waals surface area contributed by atoms with Crippen LogP contribution in [0.5, 0.6) is 0 Å². The first-order valence-corrected chi connectivity index (χ1v) is 9.43. The monoisotopic (exact) mass is 345 g/mol. The van der Waals surface area contributed by atoms with E-state index in [-0.39, 0.29) is 28.8 Å². The number of hydrogen-bond acceptors (Lipinski definition) is 2. The minimum Gasteiger partial charge on any atom is -0.348 e. The number of piperidine rings is 1. The van der Waals surface area contributed by atoms with Gasteiger partial charge in [-0.15, -0.1) is 0 Å². The van der Waals surface area contributed by atoms with Crippen molar-refractivity contribution in [3.05, 3.63) is 24.0 Å². The van der Waals surface area contributed by atoms with Crippen LogP contribution in [0.1, 0.15) is 64.2 Å². The van der Waals surface area contributed by atoms with Gasteiger partial charge >= 0.3 is 0 Å². The molecule has 2 aliphatic rings. The van der Waals surface area contributed by atoms with Crippen molar-refractivity contribution >= 4 is 11.8 Å². The highest BCUT2D eigenvalue weighted by Gasteiger charge is 2.49. The van der Waals surface area contributed by atoms with Crippen LogP contribution in [0.25, 0.3) is 0 Å². The Labute approximate surface area is 151 Å². The third-order valence-electron chi connectivity index (χ3n) is 5.75. The van der Waals surface area contributed by atoms with Gasteiger partial charge in [0.05, 0.1) is 11.0 Å². The molecular formula is C20H31N3O2. The lowest BCUT2D eigenvalue weighted by Gasteiger charge is -2.41. The van der Waals surface area contributed by atoms with E-state index in [2.05, 4.69) is 39.2 Å². The third-order valence-corrected chi connectivity index (χ3v) is 5.75. The van der Waals surface area contributed by atoms with Gasteiger partial charge in [-0.1, -0.05) is 0 Å². The minimum atomic E-state index is -0.356. The fourth-order valence-electron chi connectivity index (χ4n) is 4.14. The highest BCUT2D eigenvalue weighted by Crippen LogP contribution is 2.41. The maximum Gasteiger partial charge on any atom is 0.255 e. The van der Waals surface area contributed by atoms with Crippen molar-refractivity contribution in [2.75, 3.05) is 19.6 Å². The van der Waals surface area contributed by atoms with E-state index in [0.717, 1.165) is 31.4 Å². The quantitative estimate of drug-likeness (QED) is 0.827.